The van der Waals surface area contributed by atoms with Gasteiger partial charge in [0.15, 0.2) is 0 Å². The number of nitrogens with one attached hydrogen (secondary N) is 1. The third-order valence-corrected chi connectivity index (χ3v) is 3.65. The maximum Gasteiger partial charge on any atom is 0.337 e. The fourth-order valence-electron chi connectivity index (χ4n) is 1.75. The average Bonchev–Trinajstić information content (AvgIpc) is 3.06. The Balaban J connectivity index is 1.93. The van der Waals surface area contributed by atoms with Gasteiger partial charge in [-0.1, -0.05) is 0 Å². The number of aliphatic hydroxyl groups is 1. The van der Waals surface area contributed by atoms with Crippen LogP contribution in [0.15, 0.2) is 41.1 Å². The van der Waals surface area contributed by atoms with Crippen molar-refractivity contribution in [3.05, 3.63) is 57.8 Å². The summed E-state index contributed by atoms with van der Waals surface area (Å²) in [6, 6.07) is 7.94. The number of esters is 1. The largest absolute Gasteiger partial charge is 0.465 e. The van der Waals surface area contributed by atoms with Crippen LogP contribution in [0.25, 0.3) is 0 Å². The molecule has 0 spiro atoms. The molecule has 1 aromatic carbocycles. The minimum atomic E-state index is -0.727. The van der Waals surface area contributed by atoms with Gasteiger partial charge < -0.3 is 15.2 Å². The van der Waals surface area contributed by atoms with Gasteiger partial charge >= 0.3 is 5.97 Å². The third kappa shape index (κ3) is 3.90. The molecule has 1 atom stereocenters. The molecule has 21 heavy (non-hydrogen) atoms. The number of amides is 1. The first kappa shape index (κ1) is 15.2. The summed E-state index contributed by atoms with van der Waals surface area (Å²) >= 11 is 1.49. The van der Waals surface area contributed by atoms with E-state index in [4.69, 9.17) is 0 Å². The molecule has 1 unspecified atom stereocenters. The molecule has 0 saturated heterocycles. The summed E-state index contributed by atoms with van der Waals surface area (Å²) in [5.74, 6) is -0.754. The van der Waals surface area contributed by atoms with Crippen LogP contribution in [0, 0.1) is 0 Å². The maximum absolute atomic E-state index is 11.9. The Morgan fingerprint density at radius 2 is 1.90 bits per heavy atom. The van der Waals surface area contributed by atoms with Crippen molar-refractivity contribution in [3.63, 3.8) is 0 Å². The van der Waals surface area contributed by atoms with Crippen molar-refractivity contribution in [1.29, 1.82) is 0 Å². The van der Waals surface area contributed by atoms with E-state index in [1.54, 1.807) is 12.1 Å². The Morgan fingerprint density at radius 1 is 1.24 bits per heavy atom. The van der Waals surface area contributed by atoms with E-state index in [-0.39, 0.29) is 12.5 Å². The number of aliphatic hydroxyl groups excluding tert-OH is 1. The number of hydrogen-bond acceptors (Lipinski definition) is 5. The summed E-state index contributed by atoms with van der Waals surface area (Å²) in [5.41, 5.74) is 1.58. The zero-order valence-electron chi connectivity index (χ0n) is 11.4. The van der Waals surface area contributed by atoms with E-state index in [0.29, 0.717) is 11.1 Å². The van der Waals surface area contributed by atoms with Crippen LogP contribution < -0.4 is 5.32 Å². The topological polar surface area (TPSA) is 75.6 Å². The standard InChI is InChI=1S/C15H15NO4S/c1-20-15(19)11-4-2-10(3-5-11)14(18)16-8-13(17)12-6-7-21-9-12/h2-7,9,13,17H,8H2,1H3,(H,16,18). The first-order chi connectivity index (χ1) is 10.1. The predicted octanol–water partition coefficient (Wildman–Crippen LogP) is 2.00. The second kappa shape index (κ2) is 7.01. The fraction of sp³-hybridized carbons (Fsp3) is 0.200. The molecule has 0 fully saturated rings. The Hall–Kier alpha value is -2.18. The lowest BCUT2D eigenvalue weighted by Gasteiger charge is -2.10. The molecule has 1 aromatic heterocycles. The van der Waals surface area contributed by atoms with Crippen LogP contribution in [0.5, 0.6) is 0 Å². The molecule has 2 rings (SSSR count). The normalized spacial score (nSPS) is 11.7. The number of rotatable bonds is 5. The molecule has 0 aliphatic heterocycles. The molecule has 2 aromatic rings. The average molecular weight is 305 g/mol. The van der Waals surface area contributed by atoms with Crippen molar-refractivity contribution < 1.29 is 19.4 Å². The minimum absolute atomic E-state index is 0.133. The lowest BCUT2D eigenvalue weighted by atomic mass is 10.1. The molecule has 110 valence electrons. The van der Waals surface area contributed by atoms with Crippen LogP contribution in [0.2, 0.25) is 0 Å². The van der Waals surface area contributed by atoms with Crippen LogP contribution in [-0.4, -0.2) is 30.6 Å². The van der Waals surface area contributed by atoms with Crippen molar-refractivity contribution in [2.75, 3.05) is 13.7 Å². The van der Waals surface area contributed by atoms with Crippen LogP contribution in [0.4, 0.5) is 0 Å². The molecule has 0 bridgehead atoms. The first-order valence-electron chi connectivity index (χ1n) is 6.28. The van der Waals surface area contributed by atoms with Crippen molar-refractivity contribution in [2.24, 2.45) is 0 Å². The zero-order valence-corrected chi connectivity index (χ0v) is 12.2. The van der Waals surface area contributed by atoms with Gasteiger partial charge in [0.1, 0.15) is 0 Å². The fourth-order valence-corrected chi connectivity index (χ4v) is 2.46. The summed E-state index contributed by atoms with van der Waals surface area (Å²) in [6.07, 6.45) is -0.727. The first-order valence-corrected chi connectivity index (χ1v) is 7.23. The molecular formula is C15H15NO4S. The smallest absolute Gasteiger partial charge is 0.337 e. The quantitative estimate of drug-likeness (QED) is 0.828. The molecule has 0 saturated carbocycles. The molecule has 0 aliphatic carbocycles. The molecule has 2 N–H and O–H groups in total. The van der Waals surface area contributed by atoms with Crippen molar-refractivity contribution >= 4 is 23.2 Å². The Kier molecular flexibility index (Phi) is 5.08. The predicted molar refractivity (Wildman–Crippen MR) is 79.4 cm³/mol. The van der Waals surface area contributed by atoms with E-state index in [2.05, 4.69) is 10.1 Å². The van der Waals surface area contributed by atoms with Crippen LogP contribution in [0.3, 0.4) is 0 Å². The Morgan fingerprint density at radius 3 is 2.48 bits per heavy atom. The van der Waals surface area contributed by atoms with Gasteiger partial charge in [0.2, 0.25) is 0 Å². The van der Waals surface area contributed by atoms with Crippen molar-refractivity contribution in [1.82, 2.24) is 5.32 Å². The number of hydrogen-bond donors (Lipinski definition) is 2. The molecule has 1 amide bonds. The van der Waals surface area contributed by atoms with Crippen LogP contribution >= 0.6 is 11.3 Å². The molecule has 0 aliphatic rings. The highest BCUT2D eigenvalue weighted by Crippen LogP contribution is 2.15. The molecular weight excluding hydrogens is 290 g/mol. The second-order valence-corrected chi connectivity index (χ2v) is 5.13. The molecule has 1 heterocycles. The summed E-state index contributed by atoms with van der Waals surface area (Å²) in [6.45, 7) is 0.133. The number of ether oxygens (including phenoxy) is 1. The molecule has 6 heteroatoms. The monoisotopic (exact) mass is 305 g/mol. The van der Waals surface area contributed by atoms with Crippen molar-refractivity contribution in [3.8, 4) is 0 Å². The van der Waals surface area contributed by atoms with Gasteiger partial charge in [-0.3, -0.25) is 4.79 Å². The SMILES string of the molecule is COC(=O)c1ccc(C(=O)NCC(O)c2ccsc2)cc1. The second-order valence-electron chi connectivity index (χ2n) is 4.35. The van der Waals surface area contributed by atoms with Crippen LogP contribution in [-0.2, 0) is 4.74 Å². The van der Waals surface area contributed by atoms with Gasteiger partial charge in [-0.25, -0.2) is 4.79 Å². The zero-order chi connectivity index (χ0) is 15.2. The third-order valence-electron chi connectivity index (χ3n) is 2.95. The highest BCUT2D eigenvalue weighted by molar-refractivity contribution is 7.07. The van der Waals surface area contributed by atoms with Gasteiger partial charge in [0.25, 0.3) is 5.91 Å². The number of carbonyl (C=O) groups excluding carboxylic acids is 2. The van der Waals surface area contributed by atoms with Gasteiger partial charge in [-0.15, -0.1) is 0 Å². The van der Waals surface area contributed by atoms with E-state index in [1.165, 1.54) is 30.6 Å². The van der Waals surface area contributed by atoms with E-state index < -0.39 is 12.1 Å². The van der Waals surface area contributed by atoms with Gasteiger partial charge in [0, 0.05) is 12.1 Å². The summed E-state index contributed by atoms with van der Waals surface area (Å²) in [5, 5.41) is 16.2. The molecule has 5 nitrogen and oxygen atoms in total. The Bertz CT molecular complexity index is 607. The van der Waals surface area contributed by atoms with Crippen LogP contribution in [0.1, 0.15) is 32.4 Å². The van der Waals surface area contributed by atoms with E-state index in [0.717, 1.165) is 5.56 Å². The number of methoxy groups -OCH3 is 1. The lowest BCUT2D eigenvalue weighted by molar-refractivity contribution is 0.0600. The maximum atomic E-state index is 11.9. The molecule has 0 radical (unpaired) electrons. The number of carbonyl (C=O) groups is 2. The number of benzene rings is 1. The lowest BCUT2D eigenvalue weighted by Crippen LogP contribution is -2.28. The van der Waals surface area contributed by atoms with E-state index in [9.17, 15) is 14.7 Å². The highest BCUT2D eigenvalue weighted by atomic mass is 32.1. The van der Waals surface area contributed by atoms with Gasteiger partial charge in [-0.05, 0) is 46.7 Å². The summed E-state index contributed by atoms with van der Waals surface area (Å²) < 4.78 is 4.59. The summed E-state index contributed by atoms with van der Waals surface area (Å²) in [4.78, 5) is 23.2. The highest BCUT2D eigenvalue weighted by Gasteiger charge is 2.12. The number of thiophene rings is 1. The van der Waals surface area contributed by atoms with E-state index in [1.807, 2.05) is 16.8 Å². The van der Waals surface area contributed by atoms with Gasteiger partial charge in [-0.2, -0.15) is 11.3 Å². The van der Waals surface area contributed by atoms with E-state index >= 15 is 0 Å². The van der Waals surface area contributed by atoms with Gasteiger partial charge in [0.05, 0.1) is 18.8 Å². The summed E-state index contributed by atoms with van der Waals surface area (Å²) in [7, 11) is 1.30. The Labute approximate surface area is 126 Å². The minimum Gasteiger partial charge on any atom is -0.465 e. The van der Waals surface area contributed by atoms with Crippen molar-refractivity contribution in [2.45, 2.75) is 6.10 Å².